The molecule has 0 saturated heterocycles. The average Bonchev–Trinajstić information content (AvgIpc) is 2.45. The molecule has 5 heteroatoms. The molecule has 0 bridgehead atoms. The highest BCUT2D eigenvalue weighted by molar-refractivity contribution is 9.10. The zero-order valence-electron chi connectivity index (χ0n) is 11.5. The smallest absolute Gasteiger partial charge is 0.131 e. The predicted octanol–water partition coefficient (Wildman–Crippen LogP) is 5.47. The van der Waals surface area contributed by atoms with Crippen LogP contribution in [0.5, 0.6) is 0 Å². The van der Waals surface area contributed by atoms with Gasteiger partial charge in [-0.3, -0.25) is 0 Å². The minimum absolute atomic E-state index is 0.379. The minimum atomic E-state index is -0.592. The Balaban J connectivity index is 2.49. The summed E-state index contributed by atoms with van der Waals surface area (Å²) < 4.78 is 28.0. The van der Waals surface area contributed by atoms with E-state index in [2.05, 4.69) is 21.2 Å². The van der Waals surface area contributed by atoms with Gasteiger partial charge in [0.25, 0.3) is 0 Å². The molecule has 21 heavy (non-hydrogen) atoms. The molecule has 0 aliphatic rings. The second-order valence-corrected chi connectivity index (χ2v) is 5.93. The Morgan fingerprint density at radius 1 is 1.19 bits per heavy atom. The van der Waals surface area contributed by atoms with Gasteiger partial charge in [-0.25, -0.2) is 8.78 Å². The maximum absolute atomic E-state index is 14.1. The molecule has 2 rings (SSSR count). The van der Waals surface area contributed by atoms with E-state index in [1.165, 1.54) is 12.1 Å². The molecule has 0 aromatic heterocycles. The molecule has 0 amide bonds. The summed E-state index contributed by atoms with van der Waals surface area (Å²) in [6.45, 7) is 2.72. The third-order valence-corrected chi connectivity index (χ3v) is 4.48. The second-order valence-electron chi connectivity index (χ2n) is 4.70. The normalized spacial score (nSPS) is 12.4. The quantitative estimate of drug-likeness (QED) is 0.732. The van der Waals surface area contributed by atoms with E-state index in [0.29, 0.717) is 17.1 Å². The first kappa shape index (κ1) is 16.4. The maximum atomic E-state index is 14.1. The van der Waals surface area contributed by atoms with Crippen LogP contribution in [-0.2, 0) is 0 Å². The molecule has 0 radical (unpaired) electrons. The number of nitrogens with one attached hydrogen (secondary N) is 1. The predicted molar refractivity (Wildman–Crippen MR) is 85.6 cm³/mol. The lowest BCUT2D eigenvalue weighted by molar-refractivity contribution is 0.533. The lowest BCUT2D eigenvalue weighted by atomic mass is 9.98. The number of benzene rings is 2. The fourth-order valence-corrected chi connectivity index (χ4v) is 2.77. The summed E-state index contributed by atoms with van der Waals surface area (Å²) in [6, 6.07) is 8.68. The van der Waals surface area contributed by atoms with Crippen molar-refractivity contribution in [2.24, 2.45) is 0 Å². The van der Waals surface area contributed by atoms with Crippen LogP contribution in [0, 0.1) is 11.6 Å². The van der Waals surface area contributed by atoms with E-state index < -0.39 is 17.7 Å². The Bertz CT molecular complexity index is 634. The molecule has 0 fully saturated rings. The summed E-state index contributed by atoms with van der Waals surface area (Å²) in [5, 5.41) is 3.79. The first-order chi connectivity index (χ1) is 10.0. The first-order valence-electron chi connectivity index (χ1n) is 6.66. The summed E-state index contributed by atoms with van der Waals surface area (Å²) in [4.78, 5) is 0. The minimum Gasteiger partial charge on any atom is -0.306 e. The van der Waals surface area contributed by atoms with E-state index in [9.17, 15) is 8.78 Å². The van der Waals surface area contributed by atoms with Crippen molar-refractivity contribution in [3.05, 3.63) is 68.7 Å². The van der Waals surface area contributed by atoms with Crippen molar-refractivity contribution in [1.82, 2.24) is 5.32 Å². The molecule has 0 aliphatic heterocycles. The molecule has 1 atom stereocenters. The molecule has 0 spiro atoms. The Hall–Kier alpha value is -0.970. The fourth-order valence-electron chi connectivity index (χ4n) is 2.16. The second kappa shape index (κ2) is 7.34. The Morgan fingerprint density at radius 3 is 2.62 bits per heavy atom. The van der Waals surface area contributed by atoms with E-state index in [4.69, 9.17) is 11.6 Å². The van der Waals surface area contributed by atoms with Gasteiger partial charge in [0.1, 0.15) is 11.6 Å². The lowest BCUT2D eigenvalue weighted by Gasteiger charge is -2.21. The van der Waals surface area contributed by atoms with E-state index in [-0.39, 0.29) is 0 Å². The fraction of sp³-hybridized carbons (Fsp3) is 0.250. The van der Waals surface area contributed by atoms with Gasteiger partial charge in [-0.1, -0.05) is 36.7 Å². The summed E-state index contributed by atoms with van der Waals surface area (Å²) in [7, 11) is 0. The van der Waals surface area contributed by atoms with Crippen LogP contribution in [0.4, 0.5) is 8.78 Å². The zero-order valence-corrected chi connectivity index (χ0v) is 13.8. The van der Waals surface area contributed by atoms with E-state index >= 15 is 0 Å². The van der Waals surface area contributed by atoms with Crippen LogP contribution in [0.3, 0.4) is 0 Å². The molecule has 0 aliphatic carbocycles. The van der Waals surface area contributed by atoms with Crippen LogP contribution < -0.4 is 5.32 Å². The van der Waals surface area contributed by atoms with Gasteiger partial charge in [-0.05, 0) is 46.6 Å². The highest BCUT2D eigenvalue weighted by Crippen LogP contribution is 2.34. The third kappa shape index (κ3) is 3.82. The van der Waals surface area contributed by atoms with E-state index in [0.717, 1.165) is 22.5 Å². The van der Waals surface area contributed by atoms with Crippen molar-refractivity contribution in [2.45, 2.75) is 19.4 Å². The van der Waals surface area contributed by atoms with Gasteiger partial charge in [0, 0.05) is 16.1 Å². The number of rotatable bonds is 5. The molecular formula is C16H15BrClF2N. The van der Waals surface area contributed by atoms with Crippen LogP contribution in [0.15, 0.2) is 40.9 Å². The Morgan fingerprint density at radius 2 is 1.95 bits per heavy atom. The summed E-state index contributed by atoms with van der Waals surface area (Å²) >= 11 is 9.69. The van der Waals surface area contributed by atoms with Gasteiger partial charge in [0.15, 0.2) is 0 Å². The molecule has 0 heterocycles. The summed E-state index contributed by atoms with van der Waals surface area (Å²) in [5.41, 5.74) is 1.13. The highest BCUT2D eigenvalue weighted by Gasteiger charge is 2.21. The molecule has 1 nitrogen and oxygen atoms in total. The van der Waals surface area contributed by atoms with Gasteiger partial charge in [0.05, 0.1) is 11.1 Å². The zero-order chi connectivity index (χ0) is 15.4. The van der Waals surface area contributed by atoms with Crippen molar-refractivity contribution in [3.63, 3.8) is 0 Å². The topological polar surface area (TPSA) is 12.0 Å². The van der Waals surface area contributed by atoms with Crippen molar-refractivity contribution >= 4 is 27.5 Å². The van der Waals surface area contributed by atoms with Gasteiger partial charge < -0.3 is 5.32 Å². The molecule has 1 N–H and O–H groups in total. The summed E-state index contributed by atoms with van der Waals surface area (Å²) in [6.07, 6.45) is 0.894. The Kier molecular flexibility index (Phi) is 5.73. The number of halogens is 4. The van der Waals surface area contributed by atoms with E-state index in [1.54, 1.807) is 0 Å². The van der Waals surface area contributed by atoms with Crippen molar-refractivity contribution in [1.29, 1.82) is 0 Å². The first-order valence-corrected chi connectivity index (χ1v) is 7.84. The molecule has 0 saturated carbocycles. The molecule has 2 aromatic rings. The van der Waals surface area contributed by atoms with Crippen LogP contribution in [0.25, 0.3) is 0 Å². The molecular weight excluding hydrogens is 360 g/mol. The lowest BCUT2D eigenvalue weighted by Crippen LogP contribution is -2.24. The molecule has 112 valence electrons. The van der Waals surface area contributed by atoms with Gasteiger partial charge in [-0.15, -0.1) is 0 Å². The Labute approximate surface area is 136 Å². The number of hydrogen-bond acceptors (Lipinski definition) is 1. The molecule has 2 aromatic carbocycles. The maximum Gasteiger partial charge on any atom is 0.131 e. The standard InChI is InChI=1S/C16H15BrClF2N/c1-2-8-21-16(11-7-6-10(19)9-14(11)20)12-4-3-5-13(17)15(12)18/h3-7,9,16,21H,2,8H2,1H3. The van der Waals surface area contributed by atoms with Crippen LogP contribution in [0.1, 0.15) is 30.5 Å². The number of hydrogen-bond donors (Lipinski definition) is 1. The van der Waals surface area contributed by atoms with E-state index in [1.807, 2.05) is 25.1 Å². The van der Waals surface area contributed by atoms with Gasteiger partial charge >= 0.3 is 0 Å². The van der Waals surface area contributed by atoms with Gasteiger partial charge in [0.2, 0.25) is 0 Å². The highest BCUT2D eigenvalue weighted by atomic mass is 79.9. The third-order valence-electron chi connectivity index (χ3n) is 3.16. The van der Waals surface area contributed by atoms with Crippen molar-refractivity contribution in [2.75, 3.05) is 6.54 Å². The van der Waals surface area contributed by atoms with Gasteiger partial charge in [-0.2, -0.15) is 0 Å². The van der Waals surface area contributed by atoms with Crippen LogP contribution in [-0.4, -0.2) is 6.54 Å². The largest absolute Gasteiger partial charge is 0.306 e. The van der Waals surface area contributed by atoms with Crippen molar-refractivity contribution < 1.29 is 8.78 Å². The average molecular weight is 375 g/mol. The monoisotopic (exact) mass is 373 g/mol. The van der Waals surface area contributed by atoms with Crippen LogP contribution >= 0.6 is 27.5 Å². The summed E-state index contributed by atoms with van der Waals surface area (Å²) in [5.74, 6) is -1.18. The SMILES string of the molecule is CCCNC(c1ccc(F)cc1F)c1cccc(Br)c1Cl. The molecule has 1 unspecified atom stereocenters. The van der Waals surface area contributed by atoms with Crippen molar-refractivity contribution in [3.8, 4) is 0 Å². The van der Waals surface area contributed by atoms with Crippen LogP contribution in [0.2, 0.25) is 5.02 Å².